The van der Waals surface area contributed by atoms with E-state index in [4.69, 9.17) is 5.73 Å². The van der Waals surface area contributed by atoms with Crippen LogP contribution in [0.4, 0.5) is 5.69 Å². The van der Waals surface area contributed by atoms with Crippen LogP contribution in [-0.2, 0) is 12.8 Å². The second-order valence-electron chi connectivity index (χ2n) is 3.86. The zero-order chi connectivity index (χ0) is 13.0. The Morgan fingerprint density at radius 2 is 2.39 bits per heavy atom. The lowest BCUT2D eigenvalue weighted by Crippen LogP contribution is -2.27. The van der Waals surface area contributed by atoms with Gasteiger partial charge in [0.15, 0.2) is 5.69 Å². The van der Waals surface area contributed by atoms with E-state index >= 15 is 0 Å². The predicted octanol–water partition coefficient (Wildman–Crippen LogP) is 0.250. The van der Waals surface area contributed by atoms with Crippen molar-refractivity contribution in [3.05, 3.63) is 29.6 Å². The second-order valence-corrected chi connectivity index (χ2v) is 3.86. The van der Waals surface area contributed by atoms with E-state index in [2.05, 4.69) is 25.5 Å². The van der Waals surface area contributed by atoms with Crippen LogP contribution in [0.3, 0.4) is 0 Å². The van der Waals surface area contributed by atoms with Crippen LogP contribution in [-0.4, -0.2) is 32.6 Å². The van der Waals surface area contributed by atoms with E-state index in [9.17, 15) is 4.79 Å². The molecule has 2 heterocycles. The van der Waals surface area contributed by atoms with Gasteiger partial charge in [0, 0.05) is 25.4 Å². The lowest BCUT2D eigenvalue weighted by molar-refractivity contribution is 0.0950. The highest BCUT2D eigenvalue weighted by atomic mass is 16.1. The lowest BCUT2D eigenvalue weighted by atomic mass is 10.2. The molecule has 0 unspecified atom stereocenters. The van der Waals surface area contributed by atoms with Gasteiger partial charge in [-0.1, -0.05) is 6.92 Å². The monoisotopic (exact) mass is 248 g/mol. The number of aromatic amines is 2. The van der Waals surface area contributed by atoms with Crippen molar-refractivity contribution in [3.63, 3.8) is 0 Å². The molecule has 0 atom stereocenters. The largest absolute Gasteiger partial charge is 0.395 e. The van der Waals surface area contributed by atoms with Crippen molar-refractivity contribution in [2.24, 2.45) is 0 Å². The van der Waals surface area contributed by atoms with Crippen molar-refractivity contribution in [3.8, 4) is 0 Å². The number of amides is 1. The fraction of sp³-hybridized carbons (Fsp3) is 0.364. The zero-order valence-electron chi connectivity index (χ0n) is 10.2. The number of imidazole rings is 1. The molecule has 0 spiro atoms. The molecule has 0 aromatic carbocycles. The smallest absolute Gasteiger partial charge is 0.273 e. The van der Waals surface area contributed by atoms with Crippen LogP contribution in [0.15, 0.2) is 12.4 Å². The van der Waals surface area contributed by atoms with Gasteiger partial charge in [-0.3, -0.25) is 9.89 Å². The van der Waals surface area contributed by atoms with Gasteiger partial charge in [0.05, 0.1) is 11.4 Å². The van der Waals surface area contributed by atoms with Crippen molar-refractivity contribution in [2.75, 3.05) is 12.3 Å². The molecule has 2 rings (SSSR count). The molecule has 1 amide bonds. The molecule has 0 aliphatic carbocycles. The standard InChI is InChI=1S/C11H16N6O/c1-2-7-9(12)10(17-16-7)11(18)15-4-3-8-13-5-6-14-8/h5-6H,2-4,12H2,1H3,(H,13,14)(H,15,18)(H,16,17). The van der Waals surface area contributed by atoms with Crippen LogP contribution in [0.2, 0.25) is 0 Å². The van der Waals surface area contributed by atoms with E-state index in [1.807, 2.05) is 6.92 Å². The van der Waals surface area contributed by atoms with Crippen molar-refractivity contribution < 1.29 is 4.79 Å². The van der Waals surface area contributed by atoms with Crippen LogP contribution in [0.1, 0.15) is 28.9 Å². The highest BCUT2D eigenvalue weighted by Crippen LogP contribution is 2.13. The average Bonchev–Trinajstić information content (AvgIpc) is 2.98. The van der Waals surface area contributed by atoms with Crippen LogP contribution < -0.4 is 11.1 Å². The molecule has 0 aliphatic heterocycles. The molecule has 2 aromatic heterocycles. The summed E-state index contributed by atoms with van der Waals surface area (Å²) in [4.78, 5) is 18.9. The van der Waals surface area contributed by atoms with E-state index in [-0.39, 0.29) is 11.6 Å². The van der Waals surface area contributed by atoms with Gasteiger partial charge in [0.2, 0.25) is 0 Å². The summed E-state index contributed by atoms with van der Waals surface area (Å²) in [5.41, 5.74) is 7.27. The van der Waals surface area contributed by atoms with Gasteiger partial charge < -0.3 is 16.0 Å². The summed E-state index contributed by atoms with van der Waals surface area (Å²) in [5, 5.41) is 9.42. The summed E-state index contributed by atoms with van der Waals surface area (Å²) in [6.45, 7) is 2.43. The van der Waals surface area contributed by atoms with E-state index in [0.29, 0.717) is 18.7 Å². The molecular formula is C11H16N6O. The van der Waals surface area contributed by atoms with Gasteiger partial charge in [-0.05, 0) is 6.42 Å². The third kappa shape index (κ3) is 2.50. The maximum absolute atomic E-state index is 11.8. The van der Waals surface area contributed by atoms with E-state index in [1.54, 1.807) is 12.4 Å². The molecule has 18 heavy (non-hydrogen) atoms. The number of rotatable bonds is 5. The van der Waals surface area contributed by atoms with Gasteiger partial charge in [0.1, 0.15) is 5.82 Å². The fourth-order valence-electron chi connectivity index (χ4n) is 1.64. The number of carbonyl (C=O) groups is 1. The topological polar surface area (TPSA) is 112 Å². The summed E-state index contributed by atoms with van der Waals surface area (Å²) >= 11 is 0. The third-order valence-electron chi connectivity index (χ3n) is 2.65. The minimum Gasteiger partial charge on any atom is -0.395 e. The van der Waals surface area contributed by atoms with Gasteiger partial charge in [-0.15, -0.1) is 0 Å². The second kappa shape index (κ2) is 5.35. The Labute approximate surface area is 104 Å². The Balaban J connectivity index is 1.89. The maximum atomic E-state index is 11.8. The molecule has 0 saturated heterocycles. The van der Waals surface area contributed by atoms with Crippen LogP contribution in [0.5, 0.6) is 0 Å². The van der Waals surface area contributed by atoms with Gasteiger partial charge in [-0.2, -0.15) is 5.10 Å². The number of anilines is 1. The summed E-state index contributed by atoms with van der Waals surface area (Å²) in [6, 6.07) is 0. The zero-order valence-corrected chi connectivity index (χ0v) is 10.2. The Kier molecular flexibility index (Phi) is 3.61. The fourth-order valence-corrected chi connectivity index (χ4v) is 1.64. The Hall–Kier alpha value is -2.31. The normalized spacial score (nSPS) is 10.5. The molecule has 0 aliphatic rings. The van der Waals surface area contributed by atoms with Gasteiger partial charge >= 0.3 is 0 Å². The first-order chi connectivity index (χ1) is 8.72. The first-order valence-electron chi connectivity index (χ1n) is 5.81. The van der Waals surface area contributed by atoms with Crippen molar-refractivity contribution in [2.45, 2.75) is 19.8 Å². The first-order valence-corrected chi connectivity index (χ1v) is 5.81. The molecule has 5 N–H and O–H groups in total. The summed E-state index contributed by atoms with van der Waals surface area (Å²) in [6.07, 6.45) is 4.79. The number of aryl methyl sites for hydroxylation is 1. The van der Waals surface area contributed by atoms with Crippen LogP contribution in [0.25, 0.3) is 0 Å². The van der Waals surface area contributed by atoms with Crippen molar-refractivity contribution >= 4 is 11.6 Å². The number of H-pyrrole nitrogens is 2. The van der Waals surface area contributed by atoms with E-state index < -0.39 is 0 Å². The van der Waals surface area contributed by atoms with E-state index in [1.165, 1.54) is 0 Å². The highest BCUT2D eigenvalue weighted by molar-refractivity contribution is 5.97. The first kappa shape index (κ1) is 12.2. The summed E-state index contributed by atoms with van der Waals surface area (Å²) in [5.74, 6) is 0.564. The van der Waals surface area contributed by atoms with Crippen LogP contribution in [0, 0.1) is 0 Å². The molecule has 96 valence electrons. The lowest BCUT2D eigenvalue weighted by Gasteiger charge is -2.02. The Morgan fingerprint density at radius 3 is 3.00 bits per heavy atom. The van der Waals surface area contributed by atoms with Crippen LogP contribution >= 0.6 is 0 Å². The molecule has 0 saturated carbocycles. The number of nitrogens with zero attached hydrogens (tertiary/aromatic N) is 2. The number of nitrogens with two attached hydrogens (primary N) is 1. The number of nitrogen functional groups attached to an aromatic ring is 1. The van der Waals surface area contributed by atoms with Gasteiger partial charge in [-0.25, -0.2) is 4.98 Å². The number of aromatic nitrogens is 4. The predicted molar refractivity (Wildman–Crippen MR) is 67.0 cm³/mol. The molecule has 0 radical (unpaired) electrons. The minimum atomic E-state index is -0.269. The number of nitrogens with one attached hydrogen (secondary N) is 3. The molecule has 2 aromatic rings. The average molecular weight is 248 g/mol. The van der Waals surface area contributed by atoms with E-state index in [0.717, 1.165) is 17.9 Å². The third-order valence-corrected chi connectivity index (χ3v) is 2.65. The van der Waals surface area contributed by atoms with Gasteiger partial charge in [0.25, 0.3) is 5.91 Å². The maximum Gasteiger partial charge on any atom is 0.273 e. The molecule has 0 bridgehead atoms. The highest BCUT2D eigenvalue weighted by Gasteiger charge is 2.15. The van der Waals surface area contributed by atoms with Crippen molar-refractivity contribution in [1.29, 1.82) is 0 Å². The molecular weight excluding hydrogens is 232 g/mol. The Bertz CT molecular complexity index is 516. The molecule has 0 fully saturated rings. The number of hydrogen-bond donors (Lipinski definition) is 4. The molecule has 7 nitrogen and oxygen atoms in total. The number of carbonyl (C=O) groups excluding carboxylic acids is 1. The minimum absolute atomic E-state index is 0.256. The quantitative estimate of drug-likeness (QED) is 0.607. The molecule has 7 heteroatoms. The Morgan fingerprint density at radius 1 is 1.56 bits per heavy atom. The SMILES string of the molecule is CCc1[nH]nc(C(=O)NCCc2ncc[nH]2)c1N. The number of hydrogen-bond acceptors (Lipinski definition) is 4. The van der Waals surface area contributed by atoms with Crippen molar-refractivity contribution in [1.82, 2.24) is 25.5 Å². The summed E-state index contributed by atoms with van der Waals surface area (Å²) < 4.78 is 0. The summed E-state index contributed by atoms with van der Waals surface area (Å²) in [7, 11) is 0.